The van der Waals surface area contributed by atoms with Crippen molar-refractivity contribution in [2.75, 3.05) is 5.32 Å². The maximum absolute atomic E-state index is 12.3. The summed E-state index contributed by atoms with van der Waals surface area (Å²) in [5.74, 6) is 1.71. The lowest BCUT2D eigenvalue weighted by atomic mass is 9.85. The van der Waals surface area contributed by atoms with Crippen LogP contribution in [0.15, 0.2) is 29.0 Å². The Morgan fingerprint density at radius 3 is 2.86 bits per heavy atom. The summed E-state index contributed by atoms with van der Waals surface area (Å²) >= 11 is 0. The summed E-state index contributed by atoms with van der Waals surface area (Å²) < 4.78 is 5.46. The van der Waals surface area contributed by atoms with Gasteiger partial charge in [0.25, 0.3) is 0 Å². The van der Waals surface area contributed by atoms with E-state index < -0.39 is 0 Å². The van der Waals surface area contributed by atoms with Crippen LogP contribution in [0.1, 0.15) is 59.8 Å². The number of aromatic nitrogens is 2. The van der Waals surface area contributed by atoms with Crippen LogP contribution in [0.5, 0.6) is 0 Å². The van der Waals surface area contributed by atoms with Crippen LogP contribution in [0.4, 0.5) is 5.95 Å². The number of carbonyl (C=O) groups is 1. The zero-order valence-electron chi connectivity index (χ0n) is 12.4. The fourth-order valence-corrected chi connectivity index (χ4v) is 3.49. The van der Waals surface area contributed by atoms with Gasteiger partial charge in [-0.1, -0.05) is 12.8 Å². The van der Waals surface area contributed by atoms with Gasteiger partial charge in [0.15, 0.2) is 5.78 Å². The molecule has 0 unspecified atom stereocenters. The highest BCUT2D eigenvalue weighted by Crippen LogP contribution is 2.32. The summed E-state index contributed by atoms with van der Waals surface area (Å²) in [4.78, 5) is 21.2. The second kappa shape index (κ2) is 5.55. The topological polar surface area (TPSA) is 68.0 Å². The van der Waals surface area contributed by atoms with Gasteiger partial charge in [0.1, 0.15) is 5.76 Å². The van der Waals surface area contributed by atoms with Gasteiger partial charge in [-0.2, -0.15) is 0 Å². The SMILES string of the molecule is O=C1C[C@@H](c2ccco2)Cc2nc(NC3CCCC3)ncc21. The van der Waals surface area contributed by atoms with Crippen LogP contribution >= 0.6 is 0 Å². The van der Waals surface area contributed by atoms with Gasteiger partial charge >= 0.3 is 0 Å². The van der Waals surface area contributed by atoms with E-state index >= 15 is 0 Å². The number of furan rings is 1. The minimum absolute atomic E-state index is 0.0873. The lowest BCUT2D eigenvalue weighted by Crippen LogP contribution is -2.23. The molecule has 1 fully saturated rings. The lowest BCUT2D eigenvalue weighted by Gasteiger charge is -2.22. The molecule has 5 nitrogen and oxygen atoms in total. The van der Waals surface area contributed by atoms with E-state index in [-0.39, 0.29) is 11.7 Å². The molecule has 0 radical (unpaired) electrons. The van der Waals surface area contributed by atoms with Gasteiger partial charge in [-0.05, 0) is 25.0 Å². The molecule has 22 heavy (non-hydrogen) atoms. The first-order valence-electron chi connectivity index (χ1n) is 7.98. The second-order valence-electron chi connectivity index (χ2n) is 6.22. The van der Waals surface area contributed by atoms with Gasteiger partial charge in [0, 0.05) is 31.0 Å². The largest absolute Gasteiger partial charge is 0.469 e. The van der Waals surface area contributed by atoms with E-state index in [0.29, 0.717) is 24.0 Å². The third-order valence-electron chi connectivity index (χ3n) is 4.67. The van der Waals surface area contributed by atoms with Gasteiger partial charge in [-0.3, -0.25) is 4.79 Å². The van der Waals surface area contributed by atoms with Gasteiger partial charge in [-0.25, -0.2) is 9.97 Å². The van der Waals surface area contributed by atoms with Crippen LogP contribution in [-0.2, 0) is 6.42 Å². The first-order chi connectivity index (χ1) is 10.8. The average Bonchev–Trinajstić information content (AvgIpc) is 3.20. The van der Waals surface area contributed by atoms with Crippen molar-refractivity contribution >= 4 is 11.7 Å². The van der Waals surface area contributed by atoms with E-state index in [0.717, 1.165) is 17.9 Å². The summed E-state index contributed by atoms with van der Waals surface area (Å²) in [6, 6.07) is 4.27. The van der Waals surface area contributed by atoms with Crippen molar-refractivity contribution in [1.29, 1.82) is 0 Å². The Balaban J connectivity index is 1.58. The number of anilines is 1. The maximum atomic E-state index is 12.3. The Hall–Kier alpha value is -2.17. The Morgan fingerprint density at radius 2 is 2.09 bits per heavy atom. The number of ketones is 1. The third kappa shape index (κ3) is 2.51. The van der Waals surface area contributed by atoms with E-state index in [2.05, 4.69) is 15.3 Å². The zero-order valence-corrected chi connectivity index (χ0v) is 12.4. The number of carbonyl (C=O) groups excluding carboxylic acids is 1. The average molecular weight is 297 g/mol. The van der Waals surface area contributed by atoms with Crippen LogP contribution in [0.25, 0.3) is 0 Å². The van der Waals surface area contributed by atoms with E-state index in [9.17, 15) is 4.79 Å². The van der Waals surface area contributed by atoms with Crippen molar-refractivity contribution in [3.63, 3.8) is 0 Å². The smallest absolute Gasteiger partial charge is 0.223 e. The minimum Gasteiger partial charge on any atom is -0.469 e. The van der Waals surface area contributed by atoms with Gasteiger partial charge in [0.05, 0.1) is 17.5 Å². The molecule has 0 aliphatic heterocycles. The van der Waals surface area contributed by atoms with Crippen molar-refractivity contribution in [3.8, 4) is 0 Å². The molecule has 2 aliphatic carbocycles. The molecule has 1 atom stereocenters. The Kier molecular flexibility index (Phi) is 3.41. The molecule has 0 bridgehead atoms. The molecule has 114 valence electrons. The van der Waals surface area contributed by atoms with E-state index in [1.54, 1.807) is 12.5 Å². The summed E-state index contributed by atoms with van der Waals surface area (Å²) in [6.45, 7) is 0. The number of rotatable bonds is 3. The van der Waals surface area contributed by atoms with E-state index in [4.69, 9.17) is 4.42 Å². The lowest BCUT2D eigenvalue weighted by molar-refractivity contribution is 0.0958. The second-order valence-corrected chi connectivity index (χ2v) is 6.22. The first kappa shape index (κ1) is 13.5. The molecule has 0 aromatic carbocycles. The third-order valence-corrected chi connectivity index (χ3v) is 4.67. The quantitative estimate of drug-likeness (QED) is 0.941. The molecule has 2 heterocycles. The number of hydrogen-bond acceptors (Lipinski definition) is 5. The number of nitrogens with one attached hydrogen (secondary N) is 1. The Labute approximate surface area is 129 Å². The highest BCUT2D eigenvalue weighted by Gasteiger charge is 2.29. The van der Waals surface area contributed by atoms with E-state index in [1.165, 1.54) is 25.7 Å². The fourth-order valence-electron chi connectivity index (χ4n) is 3.49. The van der Waals surface area contributed by atoms with E-state index in [1.807, 2.05) is 12.1 Å². The molecule has 5 heteroatoms. The minimum atomic E-state index is 0.0873. The molecule has 2 aromatic rings. The Bertz CT molecular complexity index is 675. The number of nitrogens with zero attached hydrogens (tertiary/aromatic N) is 2. The van der Waals surface area contributed by atoms with Crippen molar-refractivity contribution < 1.29 is 9.21 Å². The van der Waals surface area contributed by atoms with Gasteiger partial charge in [0.2, 0.25) is 5.95 Å². The standard InChI is InChI=1S/C17H19N3O2/c21-15-9-11(16-6-3-7-22-16)8-14-13(15)10-18-17(20-14)19-12-4-1-2-5-12/h3,6-7,10-12H,1-2,4-5,8-9H2,(H,18,19,20)/t11-/m0/s1. The molecule has 1 saturated carbocycles. The van der Waals surface area contributed by atoms with Crippen LogP contribution in [0, 0.1) is 0 Å². The molecular weight excluding hydrogens is 278 g/mol. The number of Topliss-reactive ketones (excluding diaryl/α,β-unsaturated/α-hetero) is 1. The summed E-state index contributed by atoms with van der Waals surface area (Å²) in [5, 5.41) is 3.40. The molecular formula is C17H19N3O2. The fraction of sp³-hybridized carbons (Fsp3) is 0.471. The molecule has 0 amide bonds. The zero-order chi connectivity index (χ0) is 14.9. The predicted molar refractivity (Wildman–Crippen MR) is 82.0 cm³/mol. The Morgan fingerprint density at radius 1 is 1.23 bits per heavy atom. The number of fused-ring (bicyclic) bond motifs is 1. The van der Waals surface area contributed by atoms with Crippen LogP contribution in [-0.4, -0.2) is 21.8 Å². The highest BCUT2D eigenvalue weighted by atomic mass is 16.3. The molecule has 0 spiro atoms. The molecule has 2 aromatic heterocycles. The van der Waals surface area contributed by atoms with Crippen LogP contribution < -0.4 is 5.32 Å². The highest BCUT2D eigenvalue weighted by molar-refractivity contribution is 5.98. The molecule has 0 saturated heterocycles. The molecule has 4 rings (SSSR count). The maximum Gasteiger partial charge on any atom is 0.223 e. The predicted octanol–water partition coefficient (Wildman–Crippen LogP) is 3.34. The van der Waals surface area contributed by atoms with Crippen molar-refractivity contribution in [2.45, 2.75) is 50.5 Å². The summed E-state index contributed by atoms with van der Waals surface area (Å²) in [5.41, 5.74) is 1.51. The first-order valence-corrected chi connectivity index (χ1v) is 7.98. The van der Waals surface area contributed by atoms with Crippen molar-refractivity contribution in [1.82, 2.24) is 9.97 Å². The molecule has 2 aliphatic rings. The monoisotopic (exact) mass is 297 g/mol. The summed E-state index contributed by atoms with van der Waals surface area (Å²) in [7, 11) is 0. The van der Waals surface area contributed by atoms with Gasteiger partial charge in [-0.15, -0.1) is 0 Å². The molecule has 1 N–H and O–H groups in total. The normalized spacial score (nSPS) is 21.8. The van der Waals surface area contributed by atoms with Crippen LogP contribution in [0.2, 0.25) is 0 Å². The van der Waals surface area contributed by atoms with Crippen LogP contribution in [0.3, 0.4) is 0 Å². The van der Waals surface area contributed by atoms with Crippen molar-refractivity contribution in [2.24, 2.45) is 0 Å². The van der Waals surface area contributed by atoms with Gasteiger partial charge < -0.3 is 9.73 Å². The van der Waals surface area contributed by atoms with Crippen molar-refractivity contribution in [3.05, 3.63) is 41.6 Å². The summed E-state index contributed by atoms with van der Waals surface area (Å²) in [6.07, 6.45) is 9.42. The number of hydrogen-bond donors (Lipinski definition) is 1.